The second-order valence-electron chi connectivity index (χ2n) is 7.38. The van der Waals surface area contributed by atoms with Crippen LogP contribution in [0.25, 0.3) is 0 Å². The molecule has 0 fully saturated rings. The lowest BCUT2D eigenvalue weighted by molar-refractivity contribution is 0.423. The summed E-state index contributed by atoms with van der Waals surface area (Å²) in [6.07, 6.45) is 2.48. The van der Waals surface area contributed by atoms with Crippen LogP contribution in [0.3, 0.4) is 0 Å². The van der Waals surface area contributed by atoms with E-state index in [1.165, 1.54) is 6.07 Å². The van der Waals surface area contributed by atoms with Crippen molar-refractivity contribution in [3.8, 4) is 5.75 Å². The molecule has 30 heavy (non-hydrogen) atoms. The molecule has 1 atom stereocenters. The van der Waals surface area contributed by atoms with Crippen LogP contribution in [0.2, 0.25) is 0 Å². The predicted octanol–water partition coefficient (Wildman–Crippen LogP) is 4.34. The molecule has 5 nitrogen and oxygen atoms in total. The molecule has 1 aliphatic heterocycles. The standard InChI is InChI=1S/C23H24FN3O2S/c1-15-9-10-20-21(16(15)2)27(19-8-4-12-26-23(19)30(20)29)13-5-11-25-14-17-6-3-7-18(24)22(17)28/h3-4,6-10,12,25,28H,5,11,13-14H2,1-2H3. The third-order valence-electron chi connectivity index (χ3n) is 5.47. The zero-order valence-electron chi connectivity index (χ0n) is 17.0. The fourth-order valence-electron chi connectivity index (χ4n) is 3.74. The maximum atomic E-state index is 13.5. The minimum absolute atomic E-state index is 0.302. The van der Waals surface area contributed by atoms with Gasteiger partial charge in [0.15, 0.2) is 16.6 Å². The molecule has 0 bridgehead atoms. The van der Waals surface area contributed by atoms with Crippen LogP contribution in [0.15, 0.2) is 58.6 Å². The highest BCUT2D eigenvalue weighted by Gasteiger charge is 2.30. The van der Waals surface area contributed by atoms with Crippen LogP contribution in [-0.4, -0.2) is 27.4 Å². The number of aromatic nitrogens is 1. The Hall–Kier alpha value is -2.77. The number of pyridine rings is 1. The van der Waals surface area contributed by atoms with Crippen molar-refractivity contribution in [2.75, 3.05) is 18.0 Å². The number of rotatable bonds is 6. The van der Waals surface area contributed by atoms with Gasteiger partial charge in [-0.3, -0.25) is 0 Å². The number of nitrogens with zero attached hydrogens (tertiary/aromatic N) is 2. The fraction of sp³-hybridized carbons (Fsp3) is 0.261. The number of phenols is 1. The van der Waals surface area contributed by atoms with E-state index in [-0.39, 0.29) is 5.75 Å². The van der Waals surface area contributed by atoms with E-state index in [4.69, 9.17) is 0 Å². The lowest BCUT2D eigenvalue weighted by atomic mass is 10.1. The maximum absolute atomic E-state index is 13.5. The number of anilines is 2. The Morgan fingerprint density at radius 3 is 2.83 bits per heavy atom. The number of phenolic OH excluding ortho intramolecular Hbond substituents is 1. The highest BCUT2D eigenvalue weighted by molar-refractivity contribution is 7.85. The molecule has 0 amide bonds. The van der Waals surface area contributed by atoms with Gasteiger partial charge in [0.25, 0.3) is 0 Å². The van der Waals surface area contributed by atoms with Gasteiger partial charge in [-0.05, 0) is 62.2 Å². The summed E-state index contributed by atoms with van der Waals surface area (Å²) in [5, 5.41) is 13.7. The molecule has 0 saturated heterocycles. The zero-order chi connectivity index (χ0) is 21.3. The van der Waals surface area contributed by atoms with E-state index in [0.717, 1.165) is 40.4 Å². The fourth-order valence-corrected chi connectivity index (χ4v) is 5.10. The second-order valence-corrected chi connectivity index (χ2v) is 8.74. The minimum atomic E-state index is -1.30. The first-order valence-electron chi connectivity index (χ1n) is 9.90. The molecule has 0 aliphatic carbocycles. The molecule has 156 valence electrons. The number of para-hydroxylation sites is 1. The molecular formula is C23H24FN3O2S. The molecule has 0 saturated carbocycles. The Kier molecular flexibility index (Phi) is 5.83. The van der Waals surface area contributed by atoms with Crippen LogP contribution in [0.5, 0.6) is 5.75 Å². The summed E-state index contributed by atoms with van der Waals surface area (Å²) >= 11 is 0. The van der Waals surface area contributed by atoms with Gasteiger partial charge in [0.05, 0.1) is 16.3 Å². The van der Waals surface area contributed by atoms with Crippen molar-refractivity contribution in [3.63, 3.8) is 0 Å². The Morgan fingerprint density at radius 1 is 1.17 bits per heavy atom. The number of aromatic hydroxyl groups is 1. The number of halogens is 1. The van der Waals surface area contributed by atoms with Gasteiger partial charge in [0.2, 0.25) is 0 Å². The largest absolute Gasteiger partial charge is 0.505 e. The maximum Gasteiger partial charge on any atom is 0.165 e. The lowest BCUT2D eigenvalue weighted by Crippen LogP contribution is -2.29. The average molecular weight is 426 g/mol. The number of benzene rings is 2. The molecule has 0 spiro atoms. The van der Waals surface area contributed by atoms with Crippen LogP contribution in [0.4, 0.5) is 15.8 Å². The van der Waals surface area contributed by atoms with Gasteiger partial charge in [0.1, 0.15) is 10.8 Å². The molecule has 3 aromatic rings. The van der Waals surface area contributed by atoms with Gasteiger partial charge in [-0.2, -0.15) is 0 Å². The van der Waals surface area contributed by atoms with E-state index in [1.807, 2.05) is 24.3 Å². The summed E-state index contributed by atoms with van der Waals surface area (Å²) in [7, 11) is -1.30. The third-order valence-corrected chi connectivity index (χ3v) is 6.87. The van der Waals surface area contributed by atoms with E-state index in [0.29, 0.717) is 23.7 Å². The molecule has 2 heterocycles. The Bertz CT molecular complexity index is 1120. The number of aryl methyl sites for hydroxylation is 1. The van der Waals surface area contributed by atoms with Gasteiger partial charge < -0.3 is 15.3 Å². The van der Waals surface area contributed by atoms with Gasteiger partial charge in [-0.15, -0.1) is 0 Å². The molecule has 1 aromatic heterocycles. The molecule has 4 rings (SSSR count). The van der Waals surface area contributed by atoms with E-state index >= 15 is 0 Å². The van der Waals surface area contributed by atoms with Crippen LogP contribution < -0.4 is 10.2 Å². The number of nitrogens with one attached hydrogen (secondary N) is 1. The summed E-state index contributed by atoms with van der Waals surface area (Å²) in [6.45, 7) is 5.91. The minimum Gasteiger partial charge on any atom is -0.505 e. The van der Waals surface area contributed by atoms with E-state index in [2.05, 4.69) is 29.0 Å². The predicted molar refractivity (Wildman–Crippen MR) is 116 cm³/mol. The first-order chi connectivity index (χ1) is 14.5. The van der Waals surface area contributed by atoms with Crippen LogP contribution in [-0.2, 0) is 17.3 Å². The van der Waals surface area contributed by atoms with Crippen molar-refractivity contribution < 1.29 is 13.7 Å². The average Bonchev–Trinajstić information content (AvgIpc) is 2.75. The van der Waals surface area contributed by atoms with Crippen molar-refractivity contribution in [2.45, 2.75) is 36.7 Å². The molecule has 2 aromatic carbocycles. The summed E-state index contributed by atoms with van der Waals surface area (Å²) in [4.78, 5) is 7.37. The second kappa shape index (κ2) is 8.53. The number of fused-ring (bicyclic) bond motifs is 2. The lowest BCUT2D eigenvalue weighted by Gasteiger charge is -2.34. The van der Waals surface area contributed by atoms with Gasteiger partial charge in [-0.1, -0.05) is 18.2 Å². The molecule has 7 heteroatoms. The first-order valence-corrected chi connectivity index (χ1v) is 11.1. The summed E-state index contributed by atoms with van der Waals surface area (Å²) in [6, 6.07) is 12.3. The zero-order valence-corrected chi connectivity index (χ0v) is 17.8. The van der Waals surface area contributed by atoms with Crippen LogP contribution in [0.1, 0.15) is 23.1 Å². The van der Waals surface area contributed by atoms with Crippen molar-refractivity contribution in [2.24, 2.45) is 0 Å². The monoisotopic (exact) mass is 425 g/mol. The van der Waals surface area contributed by atoms with E-state index in [1.54, 1.807) is 18.3 Å². The van der Waals surface area contributed by atoms with Crippen LogP contribution >= 0.6 is 0 Å². The van der Waals surface area contributed by atoms with Crippen molar-refractivity contribution in [1.29, 1.82) is 0 Å². The Morgan fingerprint density at radius 2 is 2.00 bits per heavy atom. The summed E-state index contributed by atoms with van der Waals surface area (Å²) in [5.74, 6) is -0.911. The molecule has 0 radical (unpaired) electrons. The Labute approximate surface area is 178 Å². The number of hydrogen-bond donors (Lipinski definition) is 2. The normalized spacial score (nSPS) is 15.0. The van der Waals surface area contributed by atoms with Crippen molar-refractivity contribution >= 4 is 22.2 Å². The van der Waals surface area contributed by atoms with E-state index in [9.17, 15) is 13.7 Å². The smallest absolute Gasteiger partial charge is 0.165 e. The highest BCUT2D eigenvalue weighted by Crippen LogP contribution is 2.43. The molecule has 1 unspecified atom stereocenters. The SMILES string of the molecule is Cc1ccc2c(c1C)N(CCCNCc1cccc(F)c1O)c1cccnc1S2=O. The topological polar surface area (TPSA) is 65.5 Å². The van der Waals surface area contributed by atoms with Gasteiger partial charge in [-0.25, -0.2) is 13.6 Å². The quantitative estimate of drug-likeness (QED) is 0.575. The van der Waals surface area contributed by atoms with Gasteiger partial charge >= 0.3 is 0 Å². The third kappa shape index (κ3) is 3.70. The first kappa shape index (κ1) is 20.5. The van der Waals surface area contributed by atoms with Crippen molar-refractivity contribution in [3.05, 3.63) is 71.2 Å². The summed E-state index contributed by atoms with van der Waals surface area (Å²) in [5.41, 5.74) is 4.68. The summed E-state index contributed by atoms with van der Waals surface area (Å²) < 4.78 is 26.5. The molecule has 2 N–H and O–H groups in total. The number of hydrogen-bond acceptors (Lipinski definition) is 5. The molecular weight excluding hydrogens is 401 g/mol. The van der Waals surface area contributed by atoms with Crippen LogP contribution in [0, 0.1) is 19.7 Å². The van der Waals surface area contributed by atoms with Crippen molar-refractivity contribution in [1.82, 2.24) is 10.3 Å². The van der Waals surface area contributed by atoms with Gasteiger partial charge in [0, 0.05) is 24.8 Å². The molecule has 1 aliphatic rings. The Balaban J connectivity index is 1.50. The van der Waals surface area contributed by atoms with E-state index < -0.39 is 16.6 Å². The highest BCUT2D eigenvalue weighted by atomic mass is 32.2.